The van der Waals surface area contributed by atoms with Crippen LogP contribution in [0.2, 0.25) is 0 Å². The molecule has 0 aliphatic carbocycles. The van der Waals surface area contributed by atoms with Crippen molar-refractivity contribution in [1.82, 2.24) is 18.8 Å². The summed E-state index contributed by atoms with van der Waals surface area (Å²) in [5, 5.41) is 4.04. The highest BCUT2D eigenvalue weighted by atomic mass is 32.2. The number of pyridine rings is 2. The van der Waals surface area contributed by atoms with Gasteiger partial charge >= 0.3 is 0 Å². The predicted octanol–water partition coefficient (Wildman–Crippen LogP) is 3.50. The van der Waals surface area contributed by atoms with Gasteiger partial charge in [-0.3, -0.25) is 9.38 Å². The second-order valence-corrected chi connectivity index (χ2v) is 8.62. The highest BCUT2D eigenvalue weighted by Gasteiger charge is 2.20. The van der Waals surface area contributed by atoms with Gasteiger partial charge in [-0.1, -0.05) is 12.1 Å². The Bertz CT molecular complexity index is 1350. The molecule has 0 saturated heterocycles. The van der Waals surface area contributed by atoms with Crippen molar-refractivity contribution < 1.29 is 12.8 Å². The Balaban J connectivity index is 1.65. The summed E-state index contributed by atoms with van der Waals surface area (Å²) < 4.78 is 41.8. The zero-order valence-electron chi connectivity index (χ0n) is 16.3. The standard InChI is InChI=1S/C21H18FN5O2S/c1-15-5-7-19(10-20(15)22)30(28,29)26(2)25-13-18-12-24-21-8-6-17(14-27(18)21)16-4-3-9-23-11-16/h3-14H,1-2H3/b25-13+. The van der Waals surface area contributed by atoms with Crippen molar-refractivity contribution in [3.05, 3.63) is 84.3 Å². The van der Waals surface area contributed by atoms with Gasteiger partial charge in [0.2, 0.25) is 0 Å². The van der Waals surface area contributed by atoms with Gasteiger partial charge in [-0.15, -0.1) is 0 Å². The van der Waals surface area contributed by atoms with Crippen molar-refractivity contribution in [2.24, 2.45) is 5.10 Å². The van der Waals surface area contributed by atoms with E-state index >= 15 is 0 Å². The van der Waals surface area contributed by atoms with E-state index in [9.17, 15) is 12.8 Å². The third-order valence-corrected chi connectivity index (χ3v) is 6.31. The lowest BCUT2D eigenvalue weighted by atomic mass is 10.1. The number of hydrogen-bond donors (Lipinski definition) is 0. The Morgan fingerprint density at radius 2 is 1.97 bits per heavy atom. The summed E-state index contributed by atoms with van der Waals surface area (Å²) in [5.74, 6) is -0.585. The second-order valence-electron chi connectivity index (χ2n) is 6.67. The fourth-order valence-electron chi connectivity index (χ4n) is 2.89. The molecule has 4 rings (SSSR count). The molecule has 7 nitrogen and oxygen atoms in total. The van der Waals surface area contributed by atoms with Crippen LogP contribution in [0.15, 0.2) is 77.2 Å². The SMILES string of the molecule is Cc1ccc(S(=O)(=O)N(C)/N=C/c2cnc3ccc(-c4cccnc4)cn23)cc1F. The van der Waals surface area contributed by atoms with Crippen LogP contribution >= 0.6 is 0 Å². The van der Waals surface area contributed by atoms with E-state index in [1.165, 1.54) is 25.4 Å². The average Bonchev–Trinajstić information content (AvgIpc) is 3.16. The van der Waals surface area contributed by atoms with E-state index in [2.05, 4.69) is 15.1 Å². The van der Waals surface area contributed by atoms with Gasteiger partial charge in [0.15, 0.2) is 0 Å². The fraction of sp³-hybridized carbons (Fsp3) is 0.0952. The molecular weight excluding hydrogens is 405 g/mol. The van der Waals surface area contributed by atoms with Crippen molar-refractivity contribution >= 4 is 21.9 Å². The Hall–Kier alpha value is -3.59. The summed E-state index contributed by atoms with van der Waals surface area (Å²) in [5.41, 5.74) is 3.52. The Kier molecular flexibility index (Phi) is 5.04. The Morgan fingerprint density at radius 1 is 1.13 bits per heavy atom. The maximum atomic E-state index is 13.8. The molecule has 0 atom stereocenters. The third-order valence-electron chi connectivity index (χ3n) is 4.67. The molecule has 0 radical (unpaired) electrons. The number of aryl methyl sites for hydroxylation is 1. The van der Waals surface area contributed by atoms with Gasteiger partial charge in [0, 0.05) is 36.8 Å². The van der Waals surface area contributed by atoms with Crippen molar-refractivity contribution in [3.63, 3.8) is 0 Å². The molecule has 30 heavy (non-hydrogen) atoms. The van der Waals surface area contributed by atoms with Crippen LogP contribution < -0.4 is 0 Å². The fourth-order valence-corrected chi connectivity index (χ4v) is 3.86. The summed E-state index contributed by atoms with van der Waals surface area (Å²) in [6.07, 6.45) is 8.33. The summed E-state index contributed by atoms with van der Waals surface area (Å²) in [7, 11) is -2.68. The maximum absolute atomic E-state index is 13.8. The topological polar surface area (TPSA) is 79.9 Å². The number of fused-ring (bicyclic) bond motifs is 1. The number of aromatic nitrogens is 3. The van der Waals surface area contributed by atoms with Crippen LogP contribution in [-0.4, -0.2) is 40.5 Å². The molecule has 0 aliphatic heterocycles. The van der Waals surface area contributed by atoms with Gasteiger partial charge in [0.25, 0.3) is 10.0 Å². The van der Waals surface area contributed by atoms with Gasteiger partial charge in [0.05, 0.1) is 23.0 Å². The van der Waals surface area contributed by atoms with Gasteiger partial charge < -0.3 is 0 Å². The van der Waals surface area contributed by atoms with E-state index in [-0.39, 0.29) is 4.90 Å². The smallest absolute Gasteiger partial charge is 0.278 e. The zero-order chi connectivity index (χ0) is 21.3. The van der Waals surface area contributed by atoms with Crippen LogP contribution in [0.4, 0.5) is 4.39 Å². The summed E-state index contributed by atoms with van der Waals surface area (Å²) in [6, 6.07) is 11.4. The Labute approximate surface area is 173 Å². The van der Waals surface area contributed by atoms with E-state index in [1.54, 1.807) is 29.9 Å². The molecule has 0 N–H and O–H groups in total. The molecule has 1 aromatic carbocycles. The number of sulfonamides is 1. The quantitative estimate of drug-likeness (QED) is 0.364. The van der Waals surface area contributed by atoms with E-state index in [1.807, 2.05) is 30.5 Å². The second kappa shape index (κ2) is 7.68. The van der Waals surface area contributed by atoms with Crippen LogP contribution in [0.25, 0.3) is 16.8 Å². The first-order chi connectivity index (χ1) is 14.4. The van der Waals surface area contributed by atoms with Gasteiger partial charge in [-0.2, -0.15) is 17.9 Å². The lowest BCUT2D eigenvalue weighted by Gasteiger charge is -2.14. The Morgan fingerprint density at radius 3 is 2.70 bits per heavy atom. The molecule has 0 amide bonds. The number of benzene rings is 1. The summed E-state index contributed by atoms with van der Waals surface area (Å²) in [4.78, 5) is 8.27. The average molecular weight is 423 g/mol. The lowest BCUT2D eigenvalue weighted by molar-refractivity contribution is 0.489. The molecule has 0 unspecified atom stereocenters. The minimum absolute atomic E-state index is 0.165. The minimum atomic E-state index is -3.98. The zero-order valence-corrected chi connectivity index (χ0v) is 17.1. The van der Waals surface area contributed by atoms with Gasteiger partial charge in [-0.25, -0.2) is 9.37 Å². The number of nitrogens with zero attached hydrogens (tertiary/aromatic N) is 5. The van der Waals surface area contributed by atoms with E-state index < -0.39 is 15.8 Å². The summed E-state index contributed by atoms with van der Waals surface area (Å²) in [6.45, 7) is 1.57. The van der Waals surface area contributed by atoms with Crippen LogP contribution in [0.3, 0.4) is 0 Å². The van der Waals surface area contributed by atoms with E-state index in [4.69, 9.17) is 0 Å². The van der Waals surface area contributed by atoms with Crippen molar-refractivity contribution in [1.29, 1.82) is 0 Å². The van der Waals surface area contributed by atoms with Gasteiger partial charge in [0.1, 0.15) is 11.5 Å². The van der Waals surface area contributed by atoms with Crippen molar-refractivity contribution in [2.75, 3.05) is 7.05 Å². The lowest BCUT2D eigenvalue weighted by Crippen LogP contribution is -2.22. The molecule has 4 aromatic rings. The monoisotopic (exact) mass is 423 g/mol. The highest BCUT2D eigenvalue weighted by molar-refractivity contribution is 7.89. The first kappa shape index (κ1) is 19.7. The molecule has 3 heterocycles. The molecule has 3 aromatic heterocycles. The molecule has 0 aliphatic rings. The molecule has 0 spiro atoms. The van der Waals surface area contributed by atoms with E-state index in [0.717, 1.165) is 21.6 Å². The number of hydrazone groups is 1. The third kappa shape index (κ3) is 3.67. The number of rotatable bonds is 5. The molecule has 0 saturated carbocycles. The van der Waals surface area contributed by atoms with Gasteiger partial charge in [-0.05, 0) is 42.8 Å². The van der Waals surface area contributed by atoms with Crippen molar-refractivity contribution in [3.8, 4) is 11.1 Å². The number of imidazole rings is 1. The van der Waals surface area contributed by atoms with Crippen molar-refractivity contribution in [2.45, 2.75) is 11.8 Å². The van der Waals surface area contributed by atoms with Crippen LogP contribution in [0.1, 0.15) is 11.3 Å². The predicted molar refractivity (Wildman–Crippen MR) is 112 cm³/mol. The maximum Gasteiger partial charge on any atom is 0.278 e. The van der Waals surface area contributed by atoms with Crippen LogP contribution in [0, 0.1) is 12.7 Å². The molecule has 9 heteroatoms. The number of halogens is 1. The first-order valence-electron chi connectivity index (χ1n) is 9.03. The highest BCUT2D eigenvalue weighted by Crippen LogP contribution is 2.20. The van der Waals surface area contributed by atoms with Crippen LogP contribution in [-0.2, 0) is 10.0 Å². The van der Waals surface area contributed by atoms with Crippen LogP contribution in [0.5, 0.6) is 0 Å². The largest absolute Gasteiger partial charge is 0.298 e. The normalized spacial score (nSPS) is 12.0. The summed E-state index contributed by atoms with van der Waals surface area (Å²) >= 11 is 0. The minimum Gasteiger partial charge on any atom is -0.298 e. The molecule has 0 bridgehead atoms. The van der Waals surface area contributed by atoms with E-state index in [0.29, 0.717) is 16.9 Å². The first-order valence-corrected chi connectivity index (χ1v) is 10.5. The molecule has 152 valence electrons. The molecule has 0 fully saturated rings. The molecular formula is C21H18FN5O2S. The number of hydrogen-bond acceptors (Lipinski definition) is 5.